The van der Waals surface area contributed by atoms with Crippen molar-refractivity contribution < 1.29 is 14.6 Å². The van der Waals surface area contributed by atoms with Crippen LogP contribution in [0.2, 0.25) is 0 Å². The number of benzene rings is 1. The molecule has 0 heterocycles. The third-order valence-electron chi connectivity index (χ3n) is 3.57. The first kappa shape index (κ1) is 16.5. The maximum absolute atomic E-state index is 10.7. The maximum Gasteiger partial charge on any atom is 0.320 e. The highest BCUT2D eigenvalue weighted by atomic mass is 16.5. The maximum atomic E-state index is 10.7. The number of carbonyl (C=O) groups is 1. The fourth-order valence-electron chi connectivity index (χ4n) is 2.03. The predicted molar refractivity (Wildman–Crippen MR) is 79.0 cm³/mol. The summed E-state index contributed by atoms with van der Waals surface area (Å²) < 4.78 is 5.34. The van der Waals surface area contributed by atoms with Gasteiger partial charge in [0.2, 0.25) is 0 Å². The number of carboxylic acid groups (broad SMARTS) is 1. The molecule has 0 saturated heterocycles. The highest BCUT2D eigenvalue weighted by molar-refractivity contribution is 5.72. The number of nitrogens with two attached hydrogens (primary N) is 1. The number of ether oxygens (including phenoxy) is 1. The van der Waals surface area contributed by atoms with Gasteiger partial charge in [0.25, 0.3) is 0 Å². The molecular weight excluding hydrogens is 256 g/mol. The molecule has 1 aromatic carbocycles. The smallest absolute Gasteiger partial charge is 0.320 e. The van der Waals surface area contributed by atoms with Crippen LogP contribution >= 0.6 is 0 Å². The van der Waals surface area contributed by atoms with Crippen molar-refractivity contribution >= 4 is 5.97 Å². The van der Waals surface area contributed by atoms with E-state index in [0.29, 0.717) is 13.0 Å². The van der Waals surface area contributed by atoms with Gasteiger partial charge < -0.3 is 20.5 Å². The van der Waals surface area contributed by atoms with Crippen molar-refractivity contribution in [1.82, 2.24) is 4.90 Å². The molecule has 3 N–H and O–H groups in total. The fourth-order valence-corrected chi connectivity index (χ4v) is 2.03. The van der Waals surface area contributed by atoms with Crippen molar-refractivity contribution in [1.29, 1.82) is 0 Å². The predicted octanol–water partition coefficient (Wildman–Crippen LogP) is 1.36. The van der Waals surface area contributed by atoms with Crippen LogP contribution in [0, 0.1) is 0 Å². The molecule has 0 radical (unpaired) electrons. The molecule has 0 fully saturated rings. The van der Waals surface area contributed by atoms with Crippen LogP contribution < -0.4 is 10.5 Å². The van der Waals surface area contributed by atoms with E-state index in [1.807, 2.05) is 31.3 Å². The van der Waals surface area contributed by atoms with Crippen LogP contribution in [0.15, 0.2) is 24.3 Å². The topological polar surface area (TPSA) is 75.8 Å². The van der Waals surface area contributed by atoms with Gasteiger partial charge in [0, 0.05) is 12.6 Å². The molecule has 1 aromatic rings. The molecule has 20 heavy (non-hydrogen) atoms. The van der Waals surface area contributed by atoms with E-state index in [0.717, 1.165) is 17.7 Å². The Balaban J connectivity index is 2.53. The SMILES string of the molecule is COc1ccccc1CC(C)N(C)CCC(N)C(=O)O. The number of hydrogen-bond donors (Lipinski definition) is 2. The molecule has 0 bridgehead atoms. The summed E-state index contributed by atoms with van der Waals surface area (Å²) >= 11 is 0. The van der Waals surface area contributed by atoms with E-state index >= 15 is 0 Å². The van der Waals surface area contributed by atoms with Gasteiger partial charge in [-0.3, -0.25) is 4.79 Å². The molecule has 0 aliphatic carbocycles. The normalized spacial score (nSPS) is 14.1. The van der Waals surface area contributed by atoms with Crippen molar-refractivity contribution in [2.24, 2.45) is 5.73 Å². The number of likely N-dealkylation sites (N-methyl/N-ethyl adjacent to an activating group) is 1. The fraction of sp³-hybridized carbons (Fsp3) is 0.533. The lowest BCUT2D eigenvalue weighted by Crippen LogP contribution is -2.38. The minimum Gasteiger partial charge on any atom is -0.496 e. The first-order valence-corrected chi connectivity index (χ1v) is 6.76. The molecule has 5 heteroatoms. The third kappa shape index (κ3) is 4.83. The van der Waals surface area contributed by atoms with Crippen LogP contribution in [-0.2, 0) is 11.2 Å². The lowest BCUT2D eigenvalue weighted by molar-refractivity contribution is -0.138. The average Bonchev–Trinajstić information content (AvgIpc) is 2.44. The van der Waals surface area contributed by atoms with Crippen molar-refractivity contribution in [3.8, 4) is 5.75 Å². The summed E-state index contributed by atoms with van der Waals surface area (Å²) in [7, 11) is 3.65. The zero-order valence-corrected chi connectivity index (χ0v) is 12.4. The molecule has 5 nitrogen and oxygen atoms in total. The van der Waals surface area contributed by atoms with Crippen LogP contribution in [0.25, 0.3) is 0 Å². The van der Waals surface area contributed by atoms with Gasteiger partial charge in [-0.05, 0) is 38.4 Å². The quantitative estimate of drug-likeness (QED) is 0.752. The molecule has 0 saturated carbocycles. The van der Waals surface area contributed by atoms with Gasteiger partial charge in [0.05, 0.1) is 7.11 Å². The van der Waals surface area contributed by atoms with Gasteiger partial charge in [0.1, 0.15) is 11.8 Å². The van der Waals surface area contributed by atoms with Gasteiger partial charge in [-0.25, -0.2) is 0 Å². The van der Waals surface area contributed by atoms with E-state index in [2.05, 4.69) is 11.8 Å². The van der Waals surface area contributed by atoms with E-state index in [-0.39, 0.29) is 6.04 Å². The van der Waals surface area contributed by atoms with Crippen molar-refractivity contribution in [2.45, 2.75) is 31.8 Å². The van der Waals surface area contributed by atoms with Gasteiger partial charge in [0.15, 0.2) is 0 Å². The highest BCUT2D eigenvalue weighted by Crippen LogP contribution is 2.20. The Morgan fingerprint density at radius 1 is 1.45 bits per heavy atom. The summed E-state index contributed by atoms with van der Waals surface area (Å²) in [5, 5.41) is 8.78. The number of rotatable bonds is 8. The Morgan fingerprint density at radius 3 is 2.70 bits per heavy atom. The summed E-state index contributed by atoms with van der Waals surface area (Å²) in [5.41, 5.74) is 6.67. The van der Waals surface area contributed by atoms with Crippen LogP contribution in [0.3, 0.4) is 0 Å². The van der Waals surface area contributed by atoms with Crippen molar-refractivity contribution in [3.05, 3.63) is 29.8 Å². The molecule has 112 valence electrons. The average molecular weight is 280 g/mol. The van der Waals surface area contributed by atoms with E-state index in [4.69, 9.17) is 15.6 Å². The monoisotopic (exact) mass is 280 g/mol. The largest absolute Gasteiger partial charge is 0.496 e. The van der Waals surface area contributed by atoms with Crippen LogP contribution in [0.4, 0.5) is 0 Å². The molecule has 2 atom stereocenters. The first-order valence-electron chi connectivity index (χ1n) is 6.76. The first-order chi connectivity index (χ1) is 9.45. The van der Waals surface area contributed by atoms with E-state index in [1.165, 1.54) is 0 Å². The Bertz CT molecular complexity index is 437. The zero-order valence-electron chi connectivity index (χ0n) is 12.4. The summed E-state index contributed by atoms with van der Waals surface area (Å²) in [6, 6.07) is 7.42. The second-order valence-electron chi connectivity index (χ2n) is 5.08. The number of methoxy groups -OCH3 is 1. The molecule has 0 amide bonds. The molecule has 0 aromatic heterocycles. The number of hydrogen-bond acceptors (Lipinski definition) is 4. The summed E-state index contributed by atoms with van der Waals surface area (Å²) in [6.45, 7) is 2.77. The molecular formula is C15H24N2O3. The second kappa shape index (κ2) is 7.87. The van der Waals surface area contributed by atoms with Crippen molar-refractivity contribution in [3.63, 3.8) is 0 Å². The van der Waals surface area contributed by atoms with Crippen LogP contribution in [0.5, 0.6) is 5.75 Å². The van der Waals surface area contributed by atoms with Gasteiger partial charge in [-0.2, -0.15) is 0 Å². The van der Waals surface area contributed by atoms with E-state index in [1.54, 1.807) is 7.11 Å². The van der Waals surface area contributed by atoms with Crippen LogP contribution in [0.1, 0.15) is 18.9 Å². The minimum atomic E-state index is -0.948. The minimum absolute atomic E-state index is 0.285. The number of nitrogens with zero attached hydrogens (tertiary/aromatic N) is 1. The zero-order chi connectivity index (χ0) is 15.1. The van der Waals surface area contributed by atoms with Gasteiger partial charge in [-0.1, -0.05) is 18.2 Å². The Labute approximate surface area is 120 Å². The molecule has 0 aliphatic rings. The molecule has 0 spiro atoms. The molecule has 1 rings (SSSR count). The molecule has 0 aliphatic heterocycles. The number of aliphatic carboxylic acids is 1. The second-order valence-corrected chi connectivity index (χ2v) is 5.08. The lowest BCUT2D eigenvalue weighted by Gasteiger charge is -2.26. The van der Waals surface area contributed by atoms with E-state index in [9.17, 15) is 4.79 Å². The van der Waals surface area contributed by atoms with Gasteiger partial charge >= 0.3 is 5.97 Å². The van der Waals surface area contributed by atoms with Crippen LogP contribution in [-0.4, -0.2) is 48.8 Å². The Morgan fingerprint density at radius 2 is 2.10 bits per heavy atom. The standard InChI is InChI=1S/C15H24N2O3/c1-11(17(2)9-8-13(16)15(18)19)10-12-6-4-5-7-14(12)20-3/h4-7,11,13H,8-10,16H2,1-3H3,(H,18,19). The third-order valence-corrected chi connectivity index (χ3v) is 3.57. The summed E-state index contributed by atoms with van der Waals surface area (Å²) in [5.74, 6) is -0.0641. The Hall–Kier alpha value is -1.59. The number of para-hydroxylation sites is 1. The lowest BCUT2D eigenvalue weighted by atomic mass is 10.0. The molecule has 2 unspecified atom stereocenters. The van der Waals surface area contributed by atoms with Crippen molar-refractivity contribution in [2.75, 3.05) is 20.7 Å². The van der Waals surface area contributed by atoms with E-state index < -0.39 is 12.0 Å². The number of carboxylic acids is 1. The summed E-state index contributed by atoms with van der Waals surface area (Å²) in [4.78, 5) is 12.8. The van der Waals surface area contributed by atoms with Gasteiger partial charge in [-0.15, -0.1) is 0 Å². The Kier molecular flexibility index (Phi) is 6.48. The summed E-state index contributed by atoms with van der Waals surface area (Å²) in [6.07, 6.45) is 1.30. The highest BCUT2D eigenvalue weighted by Gasteiger charge is 2.16.